The number of nitrogens with zero attached hydrogens (tertiary/aromatic N) is 2. The maximum atomic E-state index is 12.4. The first-order valence-corrected chi connectivity index (χ1v) is 6.53. The van der Waals surface area contributed by atoms with E-state index in [1.807, 2.05) is 10.8 Å². The van der Waals surface area contributed by atoms with Crippen molar-refractivity contribution in [3.63, 3.8) is 0 Å². The molecule has 0 aromatic carbocycles. The van der Waals surface area contributed by atoms with Crippen molar-refractivity contribution in [3.8, 4) is 0 Å². The Morgan fingerprint density at radius 3 is 3.12 bits per heavy atom. The molecule has 2 rings (SSSR count). The van der Waals surface area contributed by atoms with Crippen LogP contribution in [0.1, 0.15) is 49.6 Å². The van der Waals surface area contributed by atoms with Gasteiger partial charge in [-0.3, -0.25) is 4.79 Å². The number of nitrogens with two attached hydrogens (primary N) is 1. The van der Waals surface area contributed by atoms with Crippen LogP contribution in [0.2, 0.25) is 0 Å². The normalized spacial score (nSPS) is 24.8. The zero-order valence-electron chi connectivity index (χ0n) is 10.4. The second-order valence-corrected chi connectivity index (χ2v) is 4.93. The standard InChI is InChI=1S/C13H21N3O/c1-2-7-16-8-6-15-13(16)12(17)10-4-3-5-11(14)9-10/h6,8,10-11H,2-5,7,9,14H2,1H3. The molecule has 94 valence electrons. The Labute approximate surface area is 102 Å². The lowest BCUT2D eigenvalue weighted by molar-refractivity contribution is 0.0866. The van der Waals surface area contributed by atoms with E-state index in [-0.39, 0.29) is 17.7 Å². The van der Waals surface area contributed by atoms with Crippen molar-refractivity contribution in [2.75, 3.05) is 0 Å². The number of imidazole rings is 1. The van der Waals surface area contributed by atoms with Gasteiger partial charge in [0.1, 0.15) is 0 Å². The van der Waals surface area contributed by atoms with Crippen LogP contribution in [-0.4, -0.2) is 21.4 Å². The summed E-state index contributed by atoms with van der Waals surface area (Å²) >= 11 is 0. The van der Waals surface area contributed by atoms with Crippen molar-refractivity contribution >= 4 is 5.78 Å². The number of carbonyl (C=O) groups is 1. The maximum absolute atomic E-state index is 12.4. The molecule has 0 aliphatic heterocycles. The third kappa shape index (κ3) is 2.75. The first-order chi connectivity index (χ1) is 8.22. The molecule has 1 aromatic rings. The van der Waals surface area contributed by atoms with Gasteiger partial charge in [0.2, 0.25) is 5.78 Å². The largest absolute Gasteiger partial charge is 0.329 e. The Hall–Kier alpha value is -1.16. The van der Waals surface area contributed by atoms with Crippen LogP contribution in [-0.2, 0) is 6.54 Å². The fraction of sp³-hybridized carbons (Fsp3) is 0.692. The number of hydrogen-bond donors (Lipinski definition) is 1. The summed E-state index contributed by atoms with van der Waals surface area (Å²) in [5, 5.41) is 0. The van der Waals surface area contributed by atoms with Crippen molar-refractivity contribution in [2.24, 2.45) is 11.7 Å². The topological polar surface area (TPSA) is 60.9 Å². The molecule has 4 nitrogen and oxygen atoms in total. The van der Waals surface area contributed by atoms with Gasteiger partial charge < -0.3 is 10.3 Å². The zero-order chi connectivity index (χ0) is 12.3. The Bertz CT molecular complexity index is 386. The van der Waals surface area contributed by atoms with E-state index in [0.717, 1.165) is 38.6 Å². The van der Waals surface area contributed by atoms with Crippen molar-refractivity contribution in [2.45, 2.75) is 51.6 Å². The lowest BCUT2D eigenvalue weighted by atomic mass is 9.83. The van der Waals surface area contributed by atoms with Gasteiger partial charge in [-0.05, 0) is 25.7 Å². The maximum Gasteiger partial charge on any atom is 0.201 e. The third-order valence-electron chi connectivity index (χ3n) is 3.49. The summed E-state index contributed by atoms with van der Waals surface area (Å²) < 4.78 is 1.96. The molecule has 0 saturated heterocycles. The summed E-state index contributed by atoms with van der Waals surface area (Å²) in [7, 11) is 0. The summed E-state index contributed by atoms with van der Waals surface area (Å²) in [4.78, 5) is 16.6. The van der Waals surface area contributed by atoms with E-state index in [1.54, 1.807) is 6.20 Å². The number of rotatable bonds is 4. The SMILES string of the molecule is CCCn1ccnc1C(=O)C1CCCC(N)C1. The van der Waals surface area contributed by atoms with E-state index < -0.39 is 0 Å². The van der Waals surface area contributed by atoms with Crippen molar-refractivity contribution < 1.29 is 4.79 Å². The van der Waals surface area contributed by atoms with E-state index >= 15 is 0 Å². The summed E-state index contributed by atoms with van der Waals surface area (Å²) in [5.74, 6) is 0.876. The molecule has 1 heterocycles. The molecule has 0 radical (unpaired) electrons. The highest BCUT2D eigenvalue weighted by Crippen LogP contribution is 2.26. The molecule has 4 heteroatoms. The Kier molecular flexibility index (Phi) is 3.94. The van der Waals surface area contributed by atoms with Crippen LogP contribution in [0.5, 0.6) is 0 Å². The van der Waals surface area contributed by atoms with Gasteiger partial charge in [-0.15, -0.1) is 0 Å². The van der Waals surface area contributed by atoms with Crippen LogP contribution in [0.15, 0.2) is 12.4 Å². The molecule has 1 aliphatic rings. The zero-order valence-corrected chi connectivity index (χ0v) is 10.4. The fourth-order valence-corrected chi connectivity index (χ4v) is 2.60. The number of Topliss-reactive ketones (excluding diaryl/α,β-unsaturated/α-hetero) is 1. The van der Waals surface area contributed by atoms with E-state index in [9.17, 15) is 4.79 Å². The van der Waals surface area contributed by atoms with Crippen LogP contribution >= 0.6 is 0 Å². The van der Waals surface area contributed by atoms with Crippen LogP contribution in [0.3, 0.4) is 0 Å². The van der Waals surface area contributed by atoms with Crippen molar-refractivity contribution in [1.29, 1.82) is 0 Å². The van der Waals surface area contributed by atoms with E-state index in [4.69, 9.17) is 5.73 Å². The minimum Gasteiger partial charge on any atom is -0.329 e. The minimum absolute atomic E-state index is 0.0803. The van der Waals surface area contributed by atoms with E-state index in [0.29, 0.717) is 5.82 Å². The van der Waals surface area contributed by atoms with E-state index in [2.05, 4.69) is 11.9 Å². The third-order valence-corrected chi connectivity index (χ3v) is 3.49. The lowest BCUT2D eigenvalue weighted by Crippen LogP contribution is -2.32. The van der Waals surface area contributed by atoms with Gasteiger partial charge in [0.15, 0.2) is 5.82 Å². The highest BCUT2D eigenvalue weighted by atomic mass is 16.1. The van der Waals surface area contributed by atoms with Gasteiger partial charge in [0.05, 0.1) is 0 Å². The average Bonchev–Trinajstić information content (AvgIpc) is 2.77. The van der Waals surface area contributed by atoms with Gasteiger partial charge >= 0.3 is 0 Å². The van der Waals surface area contributed by atoms with Crippen molar-refractivity contribution in [3.05, 3.63) is 18.2 Å². The first kappa shape index (κ1) is 12.3. The highest BCUT2D eigenvalue weighted by Gasteiger charge is 2.28. The Morgan fingerprint density at radius 2 is 2.41 bits per heavy atom. The van der Waals surface area contributed by atoms with Crippen LogP contribution < -0.4 is 5.73 Å². The van der Waals surface area contributed by atoms with Crippen LogP contribution in [0.25, 0.3) is 0 Å². The second kappa shape index (κ2) is 5.45. The summed E-state index contributed by atoms with van der Waals surface area (Å²) in [6, 6.07) is 0.187. The van der Waals surface area contributed by atoms with E-state index in [1.165, 1.54) is 0 Å². The molecule has 0 bridgehead atoms. The Morgan fingerprint density at radius 1 is 1.59 bits per heavy atom. The van der Waals surface area contributed by atoms with Gasteiger partial charge in [0.25, 0.3) is 0 Å². The molecular formula is C13H21N3O. The molecule has 1 aromatic heterocycles. The Balaban J connectivity index is 2.10. The number of ketones is 1. The molecule has 2 atom stereocenters. The number of aromatic nitrogens is 2. The molecule has 0 amide bonds. The molecule has 0 spiro atoms. The second-order valence-electron chi connectivity index (χ2n) is 4.93. The fourth-order valence-electron chi connectivity index (χ4n) is 2.60. The highest BCUT2D eigenvalue weighted by molar-refractivity contribution is 5.94. The van der Waals surface area contributed by atoms with Gasteiger partial charge in [-0.25, -0.2) is 4.98 Å². The molecule has 1 fully saturated rings. The average molecular weight is 235 g/mol. The van der Waals surface area contributed by atoms with Crippen molar-refractivity contribution in [1.82, 2.24) is 9.55 Å². The monoisotopic (exact) mass is 235 g/mol. The van der Waals surface area contributed by atoms with Gasteiger partial charge in [0, 0.05) is 30.9 Å². The predicted octanol–water partition coefficient (Wildman–Crippen LogP) is 1.99. The number of aryl methyl sites for hydroxylation is 1. The number of carbonyl (C=O) groups excluding carboxylic acids is 1. The molecule has 1 saturated carbocycles. The summed E-state index contributed by atoms with van der Waals surface area (Å²) in [6.07, 6.45) is 8.51. The smallest absolute Gasteiger partial charge is 0.201 e. The molecule has 2 unspecified atom stereocenters. The quantitative estimate of drug-likeness (QED) is 0.812. The summed E-state index contributed by atoms with van der Waals surface area (Å²) in [5.41, 5.74) is 5.93. The van der Waals surface area contributed by atoms with Crippen LogP contribution in [0.4, 0.5) is 0 Å². The molecular weight excluding hydrogens is 214 g/mol. The van der Waals surface area contributed by atoms with Gasteiger partial charge in [-0.2, -0.15) is 0 Å². The molecule has 17 heavy (non-hydrogen) atoms. The van der Waals surface area contributed by atoms with Crippen LogP contribution in [0, 0.1) is 5.92 Å². The molecule has 2 N–H and O–H groups in total. The summed E-state index contributed by atoms with van der Waals surface area (Å²) in [6.45, 7) is 2.96. The van der Waals surface area contributed by atoms with Gasteiger partial charge in [-0.1, -0.05) is 13.3 Å². The first-order valence-electron chi connectivity index (χ1n) is 6.53. The lowest BCUT2D eigenvalue weighted by Gasteiger charge is -2.25. The minimum atomic E-state index is 0.0803. The number of hydrogen-bond acceptors (Lipinski definition) is 3. The predicted molar refractivity (Wildman–Crippen MR) is 66.8 cm³/mol. The molecule has 1 aliphatic carbocycles.